The van der Waals surface area contributed by atoms with Gasteiger partial charge in [-0.05, 0) is 25.7 Å². The smallest absolute Gasteiger partial charge is 0.241 e. The standard InChI is InChI=1S/C13H20N4OS/c1-16-6-3-7-17(8-11(16)18)13-15-12-9(14)4-2-5-10(12)19-13/h9H,2-8,14H2,1H3. The summed E-state index contributed by atoms with van der Waals surface area (Å²) in [7, 11) is 1.87. The van der Waals surface area contributed by atoms with Crippen molar-refractivity contribution in [3.63, 3.8) is 0 Å². The summed E-state index contributed by atoms with van der Waals surface area (Å²) in [6.07, 6.45) is 4.26. The van der Waals surface area contributed by atoms with Crippen LogP contribution in [0.3, 0.4) is 0 Å². The zero-order valence-corrected chi connectivity index (χ0v) is 12.1. The van der Waals surface area contributed by atoms with Crippen molar-refractivity contribution in [2.75, 3.05) is 31.6 Å². The van der Waals surface area contributed by atoms with Crippen LogP contribution in [0.1, 0.15) is 35.9 Å². The number of nitrogens with zero attached hydrogens (tertiary/aromatic N) is 3. The first-order valence-electron chi connectivity index (χ1n) is 6.89. The predicted octanol–water partition coefficient (Wildman–Crippen LogP) is 1.15. The van der Waals surface area contributed by atoms with Crippen molar-refractivity contribution >= 4 is 22.4 Å². The third-order valence-corrected chi connectivity index (χ3v) is 5.12. The van der Waals surface area contributed by atoms with E-state index in [1.165, 1.54) is 4.88 Å². The number of fused-ring (bicyclic) bond motifs is 1. The highest BCUT2D eigenvalue weighted by atomic mass is 32.1. The van der Waals surface area contributed by atoms with E-state index in [2.05, 4.69) is 4.90 Å². The molecule has 5 nitrogen and oxygen atoms in total. The first kappa shape index (κ1) is 12.9. The second-order valence-electron chi connectivity index (χ2n) is 5.39. The summed E-state index contributed by atoms with van der Waals surface area (Å²) < 4.78 is 0. The zero-order chi connectivity index (χ0) is 13.4. The Hall–Kier alpha value is -1.14. The number of carbonyl (C=O) groups is 1. The highest BCUT2D eigenvalue weighted by Crippen LogP contribution is 2.35. The van der Waals surface area contributed by atoms with Crippen molar-refractivity contribution in [3.05, 3.63) is 10.6 Å². The Bertz CT molecular complexity index is 487. The van der Waals surface area contributed by atoms with E-state index < -0.39 is 0 Å². The molecule has 2 N–H and O–H groups in total. The molecule has 0 spiro atoms. The van der Waals surface area contributed by atoms with Gasteiger partial charge in [0, 0.05) is 31.1 Å². The molecular weight excluding hydrogens is 260 g/mol. The summed E-state index contributed by atoms with van der Waals surface area (Å²) >= 11 is 1.72. The van der Waals surface area contributed by atoms with Gasteiger partial charge < -0.3 is 15.5 Å². The molecular formula is C13H20N4OS. The molecule has 0 radical (unpaired) electrons. The normalized spacial score (nSPS) is 24.3. The van der Waals surface area contributed by atoms with E-state index in [1.807, 2.05) is 7.05 Å². The van der Waals surface area contributed by atoms with Gasteiger partial charge in [0.1, 0.15) is 0 Å². The van der Waals surface area contributed by atoms with Crippen LogP contribution >= 0.6 is 11.3 Å². The number of nitrogens with two attached hydrogens (primary N) is 1. The van der Waals surface area contributed by atoms with Crippen LogP contribution in [0.5, 0.6) is 0 Å². The molecule has 2 aliphatic rings. The first-order chi connectivity index (χ1) is 9.15. The fourth-order valence-electron chi connectivity index (χ4n) is 2.72. The van der Waals surface area contributed by atoms with E-state index >= 15 is 0 Å². The fraction of sp³-hybridized carbons (Fsp3) is 0.692. The molecule has 1 aliphatic heterocycles. The maximum absolute atomic E-state index is 11.9. The molecule has 19 heavy (non-hydrogen) atoms. The lowest BCUT2D eigenvalue weighted by atomic mass is 9.99. The molecule has 1 atom stereocenters. The maximum Gasteiger partial charge on any atom is 0.241 e. The third kappa shape index (κ3) is 2.47. The van der Waals surface area contributed by atoms with Crippen LogP contribution in [0.25, 0.3) is 0 Å². The monoisotopic (exact) mass is 280 g/mol. The lowest BCUT2D eigenvalue weighted by Crippen LogP contribution is -2.34. The number of likely N-dealkylation sites (N-methyl/N-ethyl adjacent to an activating group) is 1. The van der Waals surface area contributed by atoms with Gasteiger partial charge in [0.15, 0.2) is 5.13 Å². The van der Waals surface area contributed by atoms with Crippen molar-refractivity contribution in [3.8, 4) is 0 Å². The molecule has 1 amide bonds. The average Bonchev–Trinajstić information content (AvgIpc) is 2.75. The van der Waals surface area contributed by atoms with Gasteiger partial charge in [-0.15, -0.1) is 11.3 Å². The number of carbonyl (C=O) groups excluding carboxylic acids is 1. The van der Waals surface area contributed by atoms with Gasteiger partial charge in [-0.2, -0.15) is 0 Å². The number of hydrogen-bond acceptors (Lipinski definition) is 5. The molecule has 1 aromatic heterocycles. The summed E-state index contributed by atoms with van der Waals surface area (Å²) in [5, 5.41) is 0.978. The first-order valence-corrected chi connectivity index (χ1v) is 7.71. The highest BCUT2D eigenvalue weighted by molar-refractivity contribution is 7.15. The van der Waals surface area contributed by atoms with Crippen LogP contribution in [0.15, 0.2) is 0 Å². The van der Waals surface area contributed by atoms with Gasteiger partial charge in [0.05, 0.1) is 12.2 Å². The minimum atomic E-state index is 0.0825. The van der Waals surface area contributed by atoms with Gasteiger partial charge in [0.25, 0.3) is 0 Å². The fourth-order valence-corrected chi connectivity index (χ4v) is 3.92. The van der Waals surface area contributed by atoms with E-state index in [4.69, 9.17) is 10.7 Å². The minimum absolute atomic E-state index is 0.0825. The summed E-state index contributed by atoms with van der Waals surface area (Å²) in [5.74, 6) is 0.176. The Morgan fingerprint density at radius 3 is 3.00 bits per heavy atom. The zero-order valence-electron chi connectivity index (χ0n) is 11.3. The van der Waals surface area contributed by atoms with Gasteiger partial charge in [-0.25, -0.2) is 4.98 Å². The number of aromatic nitrogens is 1. The Morgan fingerprint density at radius 2 is 2.21 bits per heavy atom. The van der Waals surface area contributed by atoms with E-state index in [0.29, 0.717) is 6.54 Å². The Kier molecular flexibility index (Phi) is 3.45. The van der Waals surface area contributed by atoms with E-state index in [-0.39, 0.29) is 11.9 Å². The van der Waals surface area contributed by atoms with E-state index in [0.717, 1.165) is 49.6 Å². The topological polar surface area (TPSA) is 62.5 Å². The highest BCUT2D eigenvalue weighted by Gasteiger charge is 2.26. The number of rotatable bonds is 1. The summed E-state index contributed by atoms with van der Waals surface area (Å²) in [6, 6.07) is 0.0825. The average molecular weight is 280 g/mol. The van der Waals surface area contributed by atoms with Crippen LogP contribution in [-0.4, -0.2) is 42.5 Å². The molecule has 0 saturated carbocycles. The second kappa shape index (κ2) is 5.09. The molecule has 3 rings (SSSR count). The molecule has 0 aromatic carbocycles. The van der Waals surface area contributed by atoms with Gasteiger partial charge in [0.2, 0.25) is 5.91 Å². The van der Waals surface area contributed by atoms with Crippen molar-refractivity contribution < 1.29 is 4.79 Å². The minimum Gasteiger partial charge on any atom is -0.344 e. The Labute approximate surface area is 117 Å². The Morgan fingerprint density at radius 1 is 1.37 bits per heavy atom. The molecule has 1 fully saturated rings. The summed E-state index contributed by atoms with van der Waals surface area (Å²) in [5.41, 5.74) is 7.19. The van der Waals surface area contributed by atoms with Crippen molar-refractivity contribution in [2.45, 2.75) is 31.7 Å². The second-order valence-corrected chi connectivity index (χ2v) is 6.46. The van der Waals surface area contributed by atoms with Crippen LogP contribution in [-0.2, 0) is 11.2 Å². The van der Waals surface area contributed by atoms with Crippen molar-refractivity contribution in [1.82, 2.24) is 9.88 Å². The van der Waals surface area contributed by atoms with E-state index in [9.17, 15) is 4.79 Å². The largest absolute Gasteiger partial charge is 0.344 e. The molecule has 6 heteroatoms. The SMILES string of the molecule is CN1CCCN(c2nc3c(s2)CCCC3N)CC1=O. The summed E-state index contributed by atoms with van der Waals surface area (Å²) in [4.78, 5) is 21.9. The molecule has 2 heterocycles. The molecule has 1 unspecified atom stereocenters. The number of anilines is 1. The Balaban J connectivity index is 1.84. The van der Waals surface area contributed by atoms with Crippen LogP contribution in [0, 0.1) is 0 Å². The number of amides is 1. The van der Waals surface area contributed by atoms with Crippen molar-refractivity contribution in [1.29, 1.82) is 0 Å². The maximum atomic E-state index is 11.9. The molecule has 0 bridgehead atoms. The van der Waals surface area contributed by atoms with Crippen LogP contribution in [0.2, 0.25) is 0 Å². The lowest BCUT2D eigenvalue weighted by molar-refractivity contribution is -0.127. The number of hydrogen-bond donors (Lipinski definition) is 1. The van der Waals surface area contributed by atoms with E-state index in [1.54, 1.807) is 16.2 Å². The molecule has 1 aliphatic carbocycles. The number of thiazole rings is 1. The quantitative estimate of drug-likeness (QED) is 0.838. The van der Waals surface area contributed by atoms with Gasteiger partial charge >= 0.3 is 0 Å². The molecule has 104 valence electrons. The summed E-state index contributed by atoms with van der Waals surface area (Å²) in [6.45, 7) is 2.18. The van der Waals surface area contributed by atoms with Crippen LogP contribution in [0.4, 0.5) is 5.13 Å². The van der Waals surface area contributed by atoms with Gasteiger partial charge in [-0.3, -0.25) is 4.79 Å². The molecule has 1 aromatic rings. The third-order valence-electron chi connectivity index (χ3n) is 3.93. The predicted molar refractivity (Wildman–Crippen MR) is 76.4 cm³/mol. The van der Waals surface area contributed by atoms with Gasteiger partial charge in [-0.1, -0.05) is 0 Å². The number of aryl methyl sites for hydroxylation is 1. The van der Waals surface area contributed by atoms with Crippen molar-refractivity contribution in [2.24, 2.45) is 5.73 Å². The van der Waals surface area contributed by atoms with Crippen LogP contribution < -0.4 is 10.6 Å². The lowest BCUT2D eigenvalue weighted by Gasteiger charge is -2.18. The molecule has 1 saturated heterocycles.